The van der Waals surface area contributed by atoms with Gasteiger partial charge in [0.15, 0.2) is 0 Å². The molecule has 0 unspecified atom stereocenters. The van der Waals surface area contributed by atoms with E-state index in [4.69, 9.17) is 17.4 Å². The zero-order chi connectivity index (χ0) is 11.3. The summed E-state index contributed by atoms with van der Waals surface area (Å²) in [5, 5.41) is 2.85. The van der Waals surface area contributed by atoms with E-state index in [1.165, 1.54) is 6.07 Å². The van der Waals surface area contributed by atoms with Gasteiger partial charge in [-0.1, -0.05) is 17.7 Å². The molecule has 0 radical (unpaired) electrons. The number of halogens is 1. The highest BCUT2D eigenvalue weighted by Crippen LogP contribution is 2.10. The van der Waals surface area contributed by atoms with Crippen molar-refractivity contribution < 1.29 is 9.59 Å². The predicted octanol–water partition coefficient (Wildman–Crippen LogP) is 0.0597. The Labute approximate surface area is 91.6 Å². The molecule has 0 aliphatic carbocycles. The number of hydrogen-bond donors (Lipinski definition) is 3. The average Bonchev–Trinajstić information content (AvgIpc) is 2.25. The Balaban J connectivity index is 2.58. The van der Waals surface area contributed by atoms with Crippen LogP contribution in [0.1, 0.15) is 10.4 Å². The van der Waals surface area contributed by atoms with Gasteiger partial charge in [0.25, 0.3) is 11.8 Å². The van der Waals surface area contributed by atoms with Crippen LogP contribution in [0.4, 0.5) is 0 Å². The number of hydrazine groups is 1. The Bertz CT molecular complexity index is 381. The number of benzene rings is 1. The maximum Gasteiger partial charge on any atom is 0.253 e. The van der Waals surface area contributed by atoms with Crippen LogP contribution < -0.4 is 16.6 Å². The molecule has 0 bridgehead atoms. The Kier molecular flexibility index (Phi) is 4.08. The first-order valence-electron chi connectivity index (χ1n) is 4.16. The summed E-state index contributed by atoms with van der Waals surface area (Å²) in [4.78, 5) is 22.2. The van der Waals surface area contributed by atoms with Crippen molar-refractivity contribution in [1.82, 2.24) is 10.7 Å². The quantitative estimate of drug-likeness (QED) is 0.388. The highest BCUT2D eigenvalue weighted by molar-refractivity contribution is 6.30. The van der Waals surface area contributed by atoms with Crippen molar-refractivity contribution in [2.24, 2.45) is 5.84 Å². The highest BCUT2D eigenvalue weighted by Gasteiger charge is 2.06. The van der Waals surface area contributed by atoms with Crippen molar-refractivity contribution in [3.05, 3.63) is 34.9 Å². The molecule has 0 saturated carbocycles. The van der Waals surface area contributed by atoms with E-state index < -0.39 is 5.91 Å². The van der Waals surface area contributed by atoms with Gasteiger partial charge in [-0.25, -0.2) is 5.84 Å². The van der Waals surface area contributed by atoms with E-state index >= 15 is 0 Å². The second-order valence-corrected chi connectivity index (χ2v) is 3.20. The standard InChI is InChI=1S/C9H10ClN3O2/c10-7-3-1-2-6(4-7)9(15)12-5-8(14)13-11/h1-4H,5,11H2,(H,12,15)(H,13,14). The summed E-state index contributed by atoms with van der Waals surface area (Å²) in [7, 11) is 0. The van der Waals surface area contributed by atoms with Crippen molar-refractivity contribution in [3.8, 4) is 0 Å². The SMILES string of the molecule is NNC(=O)CNC(=O)c1cccc(Cl)c1. The van der Waals surface area contributed by atoms with Crippen LogP contribution >= 0.6 is 11.6 Å². The fourth-order valence-electron chi connectivity index (χ4n) is 0.943. The van der Waals surface area contributed by atoms with Crippen LogP contribution in [-0.2, 0) is 4.79 Å². The molecule has 1 rings (SSSR count). The van der Waals surface area contributed by atoms with E-state index in [2.05, 4.69) is 5.32 Å². The van der Waals surface area contributed by atoms with E-state index in [0.717, 1.165) is 0 Å². The van der Waals surface area contributed by atoms with Crippen molar-refractivity contribution in [1.29, 1.82) is 0 Å². The van der Waals surface area contributed by atoms with Crippen molar-refractivity contribution in [2.75, 3.05) is 6.54 Å². The van der Waals surface area contributed by atoms with Gasteiger partial charge in [0.1, 0.15) is 0 Å². The molecule has 0 spiro atoms. The fourth-order valence-corrected chi connectivity index (χ4v) is 1.13. The molecule has 6 heteroatoms. The maximum atomic E-state index is 11.4. The highest BCUT2D eigenvalue weighted by atomic mass is 35.5. The van der Waals surface area contributed by atoms with Crippen LogP contribution in [0.25, 0.3) is 0 Å². The maximum absolute atomic E-state index is 11.4. The number of carbonyl (C=O) groups excluding carboxylic acids is 2. The third-order valence-corrected chi connectivity index (χ3v) is 1.89. The van der Waals surface area contributed by atoms with Gasteiger partial charge in [-0.2, -0.15) is 0 Å². The van der Waals surface area contributed by atoms with Gasteiger partial charge >= 0.3 is 0 Å². The van der Waals surface area contributed by atoms with Crippen molar-refractivity contribution in [3.63, 3.8) is 0 Å². The average molecular weight is 228 g/mol. The van der Waals surface area contributed by atoms with Crippen molar-refractivity contribution in [2.45, 2.75) is 0 Å². The van der Waals surface area contributed by atoms with E-state index in [-0.39, 0.29) is 12.5 Å². The molecule has 1 aromatic rings. The Hall–Kier alpha value is -1.59. The molecule has 0 aliphatic heterocycles. The minimum Gasteiger partial charge on any atom is -0.343 e. The van der Waals surface area contributed by atoms with Gasteiger partial charge in [0, 0.05) is 10.6 Å². The van der Waals surface area contributed by atoms with Gasteiger partial charge in [0.05, 0.1) is 6.54 Å². The Morgan fingerprint density at radius 1 is 1.40 bits per heavy atom. The van der Waals surface area contributed by atoms with Crippen LogP contribution in [-0.4, -0.2) is 18.4 Å². The van der Waals surface area contributed by atoms with E-state index in [0.29, 0.717) is 10.6 Å². The third-order valence-electron chi connectivity index (χ3n) is 1.66. The lowest BCUT2D eigenvalue weighted by Gasteiger charge is -2.04. The Morgan fingerprint density at radius 2 is 2.13 bits per heavy atom. The van der Waals surface area contributed by atoms with Gasteiger partial charge in [0.2, 0.25) is 0 Å². The minimum absolute atomic E-state index is 0.165. The van der Waals surface area contributed by atoms with E-state index in [1.807, 2.05) is 5.43 Å². The third kappa shape index (κ3) is 3.57. The summed E-state index contributed by atoms with van der Waals surface area (Å²) in [5.41, 5.74) is 2.30. The number of amides is 2. The predicted molar refractivity (Wildman–Crippen MR) is 56.1 cm³/mol. The topological polar surface area (TPSA) is 84.2 Å². The molecular formula is C9H10ClN3O2. The van der Waals surface area contributed by atoms with Gasteiger partial charge in [-0.05, 0) is 18.2 Å². The number of nitrogens with one attached hydrogen (secondary N) is 2. The van der Waals surface area contributed by atoms with Crippen molar-refractivity contribution >= 4 is 23.4 Å². The second kappa shape index (κ2) is 5.33. The van der Waals surface area contributed by atoms with E-state index in [1.54, 1.807) is 18.2 Å². The molecule has 0 saturated heterocycles. The first kappa shape index (κ1) is 11.5. The molecule has 0 heterocycles. The number of hydrogen-bond acceptors (Lipinski definition) is 3. The molecule has 5 nitrogen and oxygen atoms in total. The summed E-state index contributed by atoms with van der Waals surface area (Å²) in [5.74, 6) is 4.01. The summed E-state index contributed by atoms with van der Waals surface area (Å²) in [6.07, 6.45) is 0. The number of nitrogens with two attached hydrogens (primary N) is 1. The van der Waals surface area contributed by atoms with Gasteiger partial charge in [-0.3, -0.25) is 15.0 Å². The summed E-state index contributed by atoms with van der Waals surface area (Å²) in [6, 6.07) is 6.42. The lowest BCUT2D eigenvalue weighted by Crippen LogP contribution is -2.40. The van der Waals surface area contributed by atoms with Crippen LogP contribution in [0, 0.1) is 0 Å². The zero-order valence-electron chi connectivity index (χ0n) is 7.79. The largest absolute Gasteiger partial charge is 0.343 e. The number of carbonyl (C=O) groups is 2. The fraction of sp³-hybridized carbons (Fsp3) is 0.111. The minimum atomic E-state index is -0.467. The van der Waals surface area contributed by atoms with Crippen LogP contribution in [0.5, 0.6) is 0 Å². The molecule has 0 aliphatic rings. The number of rotatable bonds is 3. The first-order valence-corrected chi connectivity index (χ1v) is 4.54. The molecule has 0 aromatic heterocycles. The van der Waals surface area contributed by atoms with Gasteiger partial charge < -0.3 is 5.32 Å². The molecule has 4 N–H and O–H groups in total. The van der Waals surface area contributed by atoms with Crippen LogP contribution in [0.3, 0.4) is 0 Å². The molecule has 2 amide bonds. The second-order valence-electron chi connectivity index (χ2n) is 2.76. The van der Waals surface area contributed by atoms with Gasteiger partial charge in [-0.15, -0.1) is 0 Å². The van der Waals surface area contributed by atoms with Crippen LogP contribution in [0.2, 0.25) is 5.02 Å². The molecule has 1 aromatic carbocycles. The summed E-state index contributed by atoms with van der Waals surface area (Å²) >= 11 is 5.70. The summed E-state index contributed by atoms with van der Waals surface area (Å²) in [6.45, 7) is -0.165. The lowest BCUT2D eigenvalue weighted by molar-refractivity contribution is -0.120. The lowest BCUT2D eigenvalue weighted by atomic mass is 10.2. The summed E-state index contributed by atoms with van der Waals surface area (Å²) < 4.78 is 0. The molecule has 0 fully saturated rings. The molecule has 15 heavy (non-hydrogen) atoms. The monoisotopic (exact) mass is 227 g/mol. The normalized spacial score (nSPS) is 9.47. The van der Waals surface area contributed by atoms with E-state index in [9.17, 15) is 9.59 Å². The molecule has 0 atom stereocenters. The molecule has 80 valence electrons. The Morgan fingerprint density at radius 3 is 2.73 bits per heavy atom. The van der Waals surface area contributed by atoms with Crippen LogP contribution in [0.15, 0.2) is 24.3 Å². The zero-order valence-corrected chi connectivity index (χ0v) is 8.54. The first-order chi connectivity index (χ1) is 7.13. The molecular weight excluding hydrogens is 218 g/mol. The smallest absolute Gasteiger partial charge is 0.253 e.